The second-order valence-electron chi connectivity index (χ2n) is 10.3. The molecule has 2 aliphatic rings. The molecular formula is C27H31F4NO4. The predicted molar refractivity (Wildman–Crippen MR) is 125 cm³/mol. The van der Waals surface area contributed by atoms with Crippen LogP contribution in [-0.2, 0) is 17.4 Å². The Morgan fingerprint density at radius 3 is 2.44 bits per heavy atom. The summed E-state index contributed by atoms with van der Waals surface area (Å²) in [7, 11) is 0. The molecule has 1 saturated heterocycles. The number of aliphatic hydroxyl groups excluding tert-OH is 2. The normalized spacial score (nSPS) is 21.2. The molecule has 0 bridgehead atoms. The minimum Gasteiger partial charge on any atom is -0.487 e. The molecule has 2 heterocycles. The molecule has 2 aromatic carbocycles. The molecule has 4 rings (SSSR count). The number of carbonyl (C=O) groups is 1. The first kappa shape index (κ1) is 26.6. The summed E-state index contributed by atoms with van der Waals surface area (Å²) in [4.78, 5) is 13.4. The van der Waals surface area contributed by atoms with Crippen LogP contribution in [0.5, 0.6) is 5.75 Å². The lowest BCUT2D eigenvalue weighted by atomic mass is 9.80. The number of alkyl halides is 3. The van der Waals surface area contributed by atoms with Crippen molar-refractivity contribution in [2.24, 2.45) is 5.41 Å². The summed E-state index contributed by atoms with van der Waals surface area (Å²) >= 11 is 0. The van der Waals surface area contributed by atoms with Crippen molar-refractivity contribution in [1.29, 1.82) is 0 Å². The number of aldehydes is 1. The third kappa shape index (κ3) is 5.01. The maximum absolute atomic E-state index is 14.4. The number of fused-ring (bicyclic) bond motifs is 1. The Morgan fingerprint density at radius 1 is 1.14 bits per heavy atom. The van der Waals surface area contributed by atoms with Crippen LogP contribution in [0.15, 0.2) is 36.4 Å². The molecule has 0 aromatic heterocycles. The summed E-state index contributed by atoms with van der Waals surface area (Å²) in [6.07, 6.45) is -2.43. The lowest BCUT2D eigenvalue weighted by Gasteiger charge is -2.46. The number of benzene rings is 2. The van der Waals surface area contributed by atoms with Crippen molar-refractivity contribution < 1.29 is 37.3 Å². The van der Waals surface area contributed by atoms with Gasteiger partial charge in [0, 0.05) is 24.7 Å². The summed E-state index contributed by atoms with van der Waals surface area (Å²) in [5.41, 5.74) is -1.19. The summed E-state index contributed by atoms with van der Waals surface area (Å²) < 4.78 is 60.3. The first-order valence-electron chi connectivity index (χ1n) is 12.1. The molecule has 0 amide bonds. The maximum Gasteiger partial charge on any atom is 0.416 e. The number of aryl methyl sites for hydroxylation is 1. The lowest BCUT2D eigenvalue weighted by molar-refractivity contribution is -0.137. The molecule has 2 aromatic rings. The third-order valence-corrected chi connectivity index (χ3v) is 7.85. The van der Waals surface area contributed by atoms with E-state index < -0.39 is 47.3 Å². The van der Waals surface area contributed by atoms with E-state index in [2.05, 4.69) is 0 Å². The Hall–Kier alpha value is -2.49. The third-order valence-electron chi connectivity index (χ3n) is 7.85. The van der Waals surface area contributed by atoms with E-state index in [1.54, 1.807) is 19.1 Å². The molecule has 0 aliphatic carbocycles. The molecule has 36 heavy (non-hydrogen) atoms. The van der Waals surface area contributed by atoms with Crippen LogP contribution in [0.4, 0.5) is 17.6 Å². The number of nitrogens with zero attached hydrogens (tertiary/aromatic N) is 1. The van der Waals surface area contributed by atoms with Crippen molar-refractivity contribution >= 4 is 6.29 Å². The van der Waals surface area contributed by atoms with Crippen molar-refractivity contribution in [2.75, 3.05) is 19.7 Å². The molecule has 5 nitrogen and oxygen atoms in total. The van der Waals surface area contributed by atoms with Gasteiger partial charge in [0.05, 0.1) is 23.7 Å². The highest BCUT2D eigenvalue weighted by molar-refractivity contribution is 5.61. The Kier molecular flexibility index (Phi) is 7.20. The number of ether oxygens (including phenoxy) is 1. The first-order valence-corrected chi connectivity index (χ1v) is 12.1. The molecule has 3 atom stereocenters. The molecule has 2 aliphatic heterocycles. The lowest BCUT2D eigenvalue weighted by Crippen LogP contribution is -2.50. The molecule has 196 valence electrons. The van der Waals surface area contributed by atoms with Crippen LogP contribution in [0.3, 0.4) is 0 Å². The number of hydrogen-bond acceptors (Lipinski definition) is 5. The SMILES string of the molecule is CC(c1cc(C(F)(F)F)ccc1F)N1CCC2(CCc3ccc([C@H](O)[C@@](C)(C=O)CO)cc3O2)CC1. The molecule has 0 radical (unpaired) electrons. The van der Waals surface area contributed by atoms with Gasteiger partial charge in [-0.3, -0.25) is 4.90 Å². The average Bonchev–Trinajstić information content (AvgIpc) is 2.87. The van der Waals surface area contributed by atoms with E-state index in [0.29, 0.717) is 43.5 Å². The minimum absolute atomic E-state index is 0.0245. The van der Waals surface area contributed by atoms with Gasteiger partial charge in [0.15, 0.2) is 0 Å². The van der Waals surface area contributed by atoms with Crippen LogP contribution in [-0.4, -0.2) is 46.7 Å². The second kappa shape index (κ2) is 9.76. The molecule has 0 saturated carbocycles. The average molecular weight is 510 g/mol. The number of rotatable bonds is 6. The number of halogens is 4. The summed E-state index contributed by atoms with van der Waals surface area (Å²) in [5, 5.41) is 20.3. The largest absolute Gasteiger partial charge is 0.487 e. The van der Waals surface area contributed by atoms with Crippen LogP contribution in [0.25, 0.3) is 0 Å². The van der Waals surface area contributed by atoms with E-state index in [0.717, 1.165) is 36.6 Å². The van der Waals surface area contributed by atoms with E-state index in [-0.39, 0.29) is 5.56 Å². The zero-order valence-electron chi connectivity index (χ0n) is 20.3. The van der Waals surface area contributed by atoms with E-state index in [4.69, 9.17) is 4.74 Å². The number of aliphatic hydroxyl groups is 2. The molecule has 1 fully saturated rings. The highest BCUT2D eigenvalue weighted by Crippen LogP contribution is 2.43. The van der Waals surface area contributed by atoms with Crippen LogP contribution >= 0.6 is 0 Å². The topological polar surface area (TPSA) is 70.0 Å². The minimum atomic E-state index is -4.54. The molecular weight excluding hydrogens is 478 g/mol. The zero-order valence-corrected chi connectivity index (χ0v) is 20.3. The molecule has 9 heteroatoms. The standard InChI is InChI=1S/C27H31F4NO4/c1-17(21-14-20(27(29,30)31)5-6-22(21)28)32-11-9-26(10-12-32)8-7-18-3-4-19(13-23(18)36-26)24(35)25(2,15-33)16-34/h3-6,13-15,17,24,34-35H,7-12,16H2,1-2H3/t17?,24-,25-/m0/s1. The molecule has 2 N–H and O–H groups in total. The van der Waals surface area contributed by atoms with Gasteiger partial charge in [0.1, 0.15) is 23.5 Å². The quantitative estimate of drug-likeness (QED) is 0.424. The predicted octanol–water partition coefficient (Wildman–Crippen LogP) is 5.00. The van der Waals surface area contributed by atoms with Gasteiger partial charge in [-0.15, -0.1) is 0 Å². The van der Waals surface area contributed by atoms with E-state index >= 15 is 0 Å². The van der Waals surface area contributed by atoms with Crippen LogP contribution in [0.1, 0.15) is 67.5 Å². The number of carbonyl (C=O) groups excluding carboxylic acids is 1. The Balaban J connectivity index is 1.48. The van der Waals surface area contributed by atoms with E-state index in [9.17, 15) is 32.6 Å². The fraction of sp³-hybridized carbons (Fsp3) is 0.519. The van der Waals surface area contributed by atoms with E-state index in [1.807, 2.05) is 11.0 Å². The highest BCUT2D eigenvalue weighted by atomic mass is 19.4. The van der Waals surface area contributed by atoms with Crippen molar-refractivity contribution in [3.8, 4) is 5.75 Å². The molecule has 1 spiro atoms. The fourth-order valence-electron chi connectivity index (χ4n) is 5.17. The van der Waals surface area contributed by atoms with Gasteiger partial charge in [-0.05, 0) is 74.9 Å². The van der Waals surface area contributed by atoms with Gasteiger partial charge in [0.2, 0.25) is 0 Å². The van der Waals surface area contributed by atoms with Gasteiger partial charge in [-0.1, -0.05) is 12.1 Å². The Labute approximate surface area is 207 Å². The van der Waals surface area contributed by atoms with E-state index in [1.165, 1.54) is 6.92 Å². The van der Waals surface area contributed by atoms with Crippen molar-refractivity contribution in [1.82, 2.24) is 4.90 Å². The monoisotopic (exact) mass is 509 g/mol. The number of likely N-dealkylation sites (tertiary alicyclic amines) is 1. The van der Waals surface area contributed by atoms with Crippen molar-refractivity contribution in [3.05, 3.63) is 64.5 Å². The van der Waals surface area contributed by atoms with Crippen molar-refractivity contribution in [3.63, 3.8) is 0 Å². The fourth-order valence-corrected chi connectivity index (χ4v) is 5.17. The van der Waals surface area contributed by atoms with Gasteiger partial charge in [0.25, 0.3) is 0 Å². The smallest absolute Gasteiger partial charge is 0.416 e. The maximum atomic E-state index is 14.4. The summed E-state index contributed by atoms with van der Waals surface area (Å²) in [6, 6.07) is 7.30. The first-order chi connectivity index (χ1) is 16.9. The number of hydrogen-bond donors (Lipinski definition) is 2. The van der Waals surface area contributed by atoms with Gasteiger partial charge in [-0.25, -0.2) is 4.39 Å². The van der Waals surface area contributed by atoms with Crippen LogP contribution in [0.2, 0.25) is 0 Å². The zero-order chi connectivity index (χ0) is 26.3. The van der Waals surface area contributed by atoms with Gasteiger partial charge < -0.3 is 19.7 Å². The highest BCUT2D eigenvalue weighted by Gasteiger charge is 2.42. The van der Waals surface area contributed by atoms with Gasteiger partial charge in [-0.2, -0.15) is 13.2 Å². The Bertz CT molecular complexity index is 1110. The van der Waals surface area contributed by atoms with Crippen LogP contribution in [0, 0.1) is 11.2 Å². The summed E-state index contributed by atoms with van der Waals surface area (Å²) in [6.45, 7) is 3.76. The summed E-state index contributed by atoms with van der Waals surface area (Å²) in [5.74, 6) is -0.0377. The van der Waals surface area contributed by atoms with Crippen molar-refractivity contribution in [2.45, 2.75) is 63.5 Å². The van der Waals surface area contributed by atoms with Gasteiger partial charge >= 0.3 is 6.18 Å². The number of piperidine rings is 1. The Morgan fingerprint density at radius 2 is 1.83 bits per heavy atom. The second-order valence-corrected chi connectivity index (χ2v) is 10.3. The van der Waals surface area contributed by atoms with Crippen LogP contribution < -0.4 is 4.74 Å². The molecule has 1 unspecified atom stereocenters.